The highest BCUT2D eigenvalue weighted by Crippen LogP contribution is 2.45. The third-order valence-corrected chi connectivity index (χ3v) is 6.05. The molecule has 0 saturated carbocycles. The molecule has 3 aliphatic rings. The maximum atomic E-state index is 13.2. The quantitative estimate of drug-likeness (QED) is 0.773. The fourth-order valence-corrected chi connectivity index (χ4v) is 4.81. The number of carbonyl (C=O) groups excluding carboxylic acids is 2. The number of rotatable bonds is 4. The van der Waals surface area contributed by atoms with Crippen LogP contribution >= 0.6 is 12.4 Å². The fraction of sp³-hybridized carbons (Fsp3) is 0.600. The standard InChI is InChI=1S/C20H26N2O2.ClH/c23-18-15-20(10-5-8-16-7-1-2-9-17(16)20)19(24)22(18)14-6-13-21-11-3-4-12-21;/h1-2,7,9H,3-6,8,10-15H2;1H. The minimum atomic E-state index is -0.570. The van der Waals surface area contributed by atoms with Gasteiger partial charge >= 0.3 is 0 Å². The maximum Gasteiger partial charge on any atom is 0.240 e. The average Bonchev–Trinajstić information content (AvgIpc) is 3.18. The van der Waals surface area contributed by atoms with E-state index >= 15 is 0 Å². The summed E-state index contributed by atoms with van der Waals surface area (Å²) in [6, 6.07) is 8.21. The van der Waals surface area contributed by atoms with E-state index < -0.39 is 5.41 Å². The maximum absolute atomic E-state index is 13.2. The predicted molar refractivity (Wildman–Crippen MR) is 99.9 cm³/mol. The molecule has 4 rings (SSSR count). The van der Waals surface area contributed by atoms with Crippen LogP contribution in [0.4, 0.5) is 0 Å². The largest absolute Gasteiger partial charge is 0.303 e. The number of imide groups is 1. The Hall–Kier alpha value is -1.39. The van der Waals surface area contributed by atoms with Crippen LogP contribution in [0.5, 0.6) is 0 Å². The lowest BCUT2D eigenvalue weighted by Crippen LogP contribution is -2.41. The van der Waals surface area contributed by atoms with Crippen molar-refractivity contribution in [1.82, 2.24) is 9.80 Å². The summed E-state index contributed by atoms with van der Waals surface area (Å²) in [5, 5.41) is 0. The second kappa shape index (κ2) is 7.46. The van der Waals surface area contributed by atoms with Crippen molar-refractivity contribution in [3.63, 3.8) is 0 Å². The molecule has 2 heterocycles. The molecule has 2 amide bonds. The monoisotopic (exact) mass is 362 g/mol. The number of carbonyl (C=O) groups is 2. The Morgan fingerprint density at radius 2 is 1.76 bits per heavy atom. The van der Waals surface area contributed by atoms with Crippen molar-refractivity contribution in [2.45, 2.75) is 50.4 Å². The molecule has 1 spiro atoms. The number of likely N-dealkylation sites (tertiary alicyclic amines) is 2. The lowest BCUT2D eigenvalue weighted by atomic mass is 9.69. The molecule has 1 aromatic carbocycles. The molecule has 2 fully saturated rings. The number of amides is 2. The number of benzene rings is 1. The first-order chi connectivity index (χ1) is 11.7. The minimum Gasteiger partial charge on any atom is -0.303 e. The molecule has 0 aromatic heterocycles. The van der Waals surface area contributed by atoms with Crippen molar-refractivity contribution in [2.24, 2.45) is 0 Å². The fourth-order valence-electron chi connectivity index (χ4n) is 4.81. The molecular weight excluding hydrogens is 336 g/mol. The van der Waals surface area contributed by atoms with E-state index in [2.05, 4.69) is 17.0 Å². The normalized spacial score (nSPS) is 26.2. The molecule has 4 nitrogen and oxygen atoms in total. The Labute approximate surface area is 156 Å². The van der Waals surface area contributed by atoms with Crippen LogP contribution in [0.3, 0.4) is 0 Å². The minimum absolute atomic E-state index is 0. The molecular formula is C20H27ClN2O2. The third kappa shape index (κ3) is 3.22. The summed E-state index contributed by atoms with van der Waals surface area (Å²) in [7, 11) is 0. The first-order valence-electron chi connectivity index (χ1n) is 9.36. The zero-order valence-corrected chi connectivity index (χ0v) is 15.5. The van der Waals surface area contributed by atoms with Gasteiger partial charge in [0.1, 0.15) is 0 Å². The van der Waals surface area contributed by atoms with Crippen molar-refractivity contribution in [1.29, 1.82) is 0 Å². The zero-order chi connectivity index (χ0) is 16.6. The van der Waals surface area contributed by atoms with Gasteiger partial charge in [-0.1, -0.05) is 24.3 Å². The molecule has 0 N–H and O–H groups in total. The molecule has 2 saturated heterocycles. The van der Waals surface area contributed by atoms with Crippen molar-refractivity contribution in [3.05, 3.63) is 35.4 Å². The van der Waals surface area contributed by atoms with Crippen LogP contribution in [0.1, 0.15) is 49.7 Å². The summed E-state index contributed by atoms with van der Waals surface area (Å²) < 4.78 is 0. The van der Waals surface area contributed by atoms with Gasteiger partial charge in [0.2, 0.25) is 11.8 Å². The van der Waals surface area contributed by atoms with Gasteiger partial charge < -0.3 is 4.90 Å². The first-order valence-corrected chi connectivity index (χ1v) is 9.36. The molecule has 25 heavy (non-hydrogen) atoms. The van der Waals surface area contributed by atoms with E-state index in [1.54, 1.807) is 4.90 Å². The lowest BCUT2D eigenvalue weighted by molar-refractivity contribution is -0.140. The third-order valence-electron chi connectivity index (χ3n) is 6.05. The van der Waals surface area contributed by atoms with Gasteiger partial charge in [-0.05, 0) is 69.3 Å². The molecule has 1 aromatic rings. The Bertz CT molecular complexity index is 657. The number of halogens is 1. The van der Waals surface area contributed by atoms with Gasteiger partial charge in [0.05, 0.1) is 5.41 Å². The molecule has 0 radical (unpaired) electrons. The highest BCUT2D eigenvalue weighted by molar-refractivity contribution is 6.09. The van der Waals surface area contributed by atoms with Crippen LogP contribution < -0.4 is 0 Å². The second-order valence-corrected chi connectivity index (χ2v) is 7.52. The molecule has 1 unspecified atom stereocenters. The SMILES string of the molecule is Cl.O=C1CC2(CCCc3ccccc32)C(=O)N1CCCN1CCCC1. The Kier molecular flexibility index (Phi) is 5.49. The van der Waals surface area contributed by atoms with Crippen LogP contribution in [0, 0.1) is 0 Å². The van der Waals surface area contributed by atoms with Gasteiger partial charge in [-0.2, -0.15) is 0 Å². The Balaban J connectivity index is 0.00000182. The van der Waals surface area contributed by atoms with Crippen molar-refractivity contribution >= 4 is 24.2 Å². The van der Waals surface area contributed by atoms with E-state index in [-0.39, 0.29) is 24.2 Å². The summed E-state index contributed by atoms with van der Waals surface area (Å²) in [5.74, 6) is 0.0826. The van der Waals surface area contributed by atoms with E-state index in [0.717, 1.165) is 37.8 Å². The van der Waals surface area contributed by atoms with Gasteiger partial charge in [-0.25, -0.2) is 0 Å². The van der Waals surface area contributed by atoms with Crippen molar-refractivity contribution in [3.8, 4) is 0 Å². The van der Waals surface area contributed by atoms with Crippen LogP contribution in [-0.2, 0) is 21.4 Å². The molecule has 5 heteroatoms. The molecule has 136 valence electrons. The van der Waals surface area contributed by atoms with Gasteiger partial charge in [-0.15, -0.1) is 12.4 Å². The lowest BCUT2D eigenvalue weighted by Gasteiger charge is -2.33. The summed E-state index contributed by atoms with van der Waals surface area (Å²) in [6.07, 6.45) is 6.66. The first kappa shape index (κ1) is 18.4. The van der Waals surface area contributed by atoms with E-state index in [0.29, 0.717) is 13.0 Å². The molecule has 0 bridgehead atoms. The van der Waals surface area contributed by atoms with Crippen LogP contribution in [0.15, 0.2) is 24.3 Å². The summed E-state index contributed by atoms with van der Waals surface area (Å²) in [4.78, 5) is 29.8. The number of hydrogen-bond donors (Lipinski definition) is 0. The molecule has 1 aliphatic carbocycles. The number of aryl methyl sites for hydroxylation is 1. The highest BCUT2D eigenvalue weighted by atomic mass is 35.5. The Morgan fingerprint density at radius 3 is 2.56 bits per heavy atom. The smallest absolute Gasteiger partial charge is 0.240 e. The van der Waals surface area contributed by atoms with Crippen LogP contribution in [0.2, 0.25) is 0 Å². The predicted octanol–water partition coefficient (Wildman–Crippen LogP) is 2.93. The van der Waals surface area contributed by atoms with Crippen molar-refractivity contribution in [2.75, 3.05) is 26.2 Å². The molecule has 2 aliphatic heterocycles. The Morgan fingerprint density at radius 1 is 1.00 bits per heavy atom. The zero-order valence-electron chi connectivity index (χ0n) is 14.7. The van der Waals surface area contributed by atoms with Crippen LogP contribution in [0.25, 0.3) is 0 Å². The van der Waals surface area contributed by atoms with E-state index in [4.69, 9.17) is 0 Å². The van der Waals surface area contributed by atoms with E-state index in [1.165, 1.54) is 31.5 Å². The summed E-state index contributed by atoms with van der Waals surface area (Å²) >= 11 is 0. The van der Waals surface area contributed by atoms with Gasteiger partial charge in [0, 0.05) is 13.0 Å². The van der Waals surface area contributed by atoms with Gasteiger partial charge in [0.15, 0.2) is 0 Å². The molecule has 1 atom stereocenters. The number of nitrogens with zero attached hydrogens (tertiary/aromatic N) is 2. The number of hydrogen-bond acceptors (Lipinski definition) is 3. The average molecular weight is 363 g/mol. The second-order valence-electron chi connectivity index (χ2n) is 7.52. The van der Waals surface area contributed by atoms with Crippen molar-refractivity contribution < 1.29 is 9.59 Å². The van der Waals surface area contributed by atoms with Crippen LogP contribution in [-0.4, -0.2) is 47.8 Å². The topological polar surface area (TPSA) is 40.6 Å². The van der Waals surface area contributed by atoms with Gasteiger partial charge in [0.25, 0.3) is 0 Å². The summed E-state index contributed by atoms with van der Waals surface area (Å²) in [5.41, 5.74) is 1.79. The number of fused-ring (bicyclic) bond motifs is 2. The summed E-state index contributed by atoms with van der Waals surface area (Å²) in [6.45, 7) is 3.91. The highest BCUT2D eigenvalue weighted by Gasteiger charge is 2.53. The van der Waals surface area contributed by atoms with E-state index in [9.17, 15) is 9.59 Å². The van der Waals surface area contributed by atoms with E-state index in [1.807, 2.05) is 12.1 Å². The van der Waals surface area contributed by atoms with Gasteiger partial charge in [-0.3, -0.25) is 14.5 Å².